The van der Waals surface area contributed by atoms with Crippen LogP contribution in [0.3, 0.4) is 0 Å². The predicted molar refractivity (Wildman–Crippen MR) is 112 cm³/mol. The van der Waals surface area contributed by atoms with E-state index in [1.54, 1.807) is 14.2 Å². The summed E-state index contributed by atoms with van der Waals surface area (Å²) in [6.45, 7) is 2.18. The van der Waals surface area contributed by atoms with Gasteiger partial charge in [0.25, 0.3) is 5.91 Å². The average molecular weight is 442 g/mol. The Kier molecular flexibility index (Phi) is 8.81. The zero-order chi connectivity index (χ0) is 21.4. The van der Waals surface area contributed by atoms with Gasteiger partial charge in [-0.3, -0.25) is 19.2 Å². The maximum Gasteiger partial charge on any atom is 0.312 e. The van der Waals surface area contributed by atoms with Gasteiger partial charge in [-0.15, -0.1) is 0 Å². The molecule has 1 fully saturated rings. The highest BCUT2D eigenvalue weighted by Crippen LogP contribution is 2.55. The summed E-state index contributed by atoms with van der Waals surface area (Å²) in [6.07, 6.45) is 2.38. The Hall–Kier alpha value is -1.75. The first-order valence-electron chi connectivity index (χ1n) is 9.49. The first-order valence-corrected chi connectivity index (χ1v) is 11.3. The molecule has 1 N–H and O–H groups in total. The fourth-order valence-electron chi connectivity index (χ4n) is 3.46. The third kappa shape index (κ3) is 5.88. The van der Waals surface area contributed by atoms with Crippen molar-refractivity contribution in [2.45, 2.75) is 50.2 Å². The van der Waals surface area contributed by atoms with Gasteiger partial charge in [-0.1, -0.05) is 37.3 Å². The number of benzene rings is 1. The van der Waals surface area contributed by atoms with Gasteiger partial charge in [0, 0.05) is 31.5 Å². The highest BCUT2D eigenvalue weighted by Gasteiger charge is 2.64. The Morgan fingerprint density at radius 3 is 2.62 bits per heavy atom. The van der Waals surface area contributed by atoms with Gasteiger partial charge in [0.1, 0.15) is 0 Å². The van der Waals surface area contributed by atoms with Gasteiger partial charge in [0.2, 0.25) is 0 Å². The second-order valence-corrected chi connectivity index (χ2v) is 8.42. The van der Waals surface area contributed by atoms with Gasteiger partial charge in [0.05, 0.1) is 6.10 Å². The number of carbonyl (C=O) groups is 2. The number of hydrogen-bond acceptors (Lipinski definition) is 8. The Labute approximate surface area is 177 Å². The lowest BCUT2D eigenvalue weighted by molar-refractivity contribution is -0.130. The van der Waals surface area contributed by atoms with Crippen LogP contribution in [0.15, 0.2) is 34.7 Å². The zero-order valence-electron chi connectivity index (χ0n) is 16.8. The lowest BCUT2D eigenvalue weighted by Gasteiger charge is -2.24. The molecule has 0 saturated heterocycles. The number of imide groups is 1. The molecule has 1 aromatic rings. The Morgan fingerprint density at radius 1 is 1.38 bits per heavy atom. The number of amides is 2. The van der Waals surface area contributed by atoms with Gasteiger partial charge in [-0.25, -0.2) is 0 Å². The van der Waals surface area contributed by atoms with Crippen molar-refractivity contribution in [1.29, 1.82) is 0 Å². The number of ether oxygens (including phenoxy) is 1. The molecule has 1 aromatic carbocycles. The summed E-state index contributed by atoms with van der Waals surface area (Å²) >= 11 is 0.787. The quantitative estimate of drug-likeness (QED) is 0.557. The van der Waals surface area contributed by atoms with Gasteiger partial charge >= 0.3 is 15.7 Å². The molecule has 0 radical (unpaired) electrons. The van der Waals surface area contributed by atoms with Crippen LogP contribution in [-0.4, -0.2) is 56.8 Å². The smallest absolute Gasteiger partial charge is 0.312 e. The average Bonchev–Trinajstić information content (AvgIpc) is 3.43. The summed E-state index contributed by atoms with van der Waals surface area (Å²) in [5.74, 6) is -0.944. The molecule has 8 nitrogen and oxygen atoms in total. The molecule has 1 aliphatic rings. The molecule has 0 heterocycles. The summed E-state index contributed by atoms with van der Waals surface area (Å²) in [4.78, 5) is 27.0. The van der Waals surface area contributed by atoms with E-state index in [2.05, 4.69) is 9.08 Å². The number of rotatable bonds is 10. The molecule has 0 aliphatic heterocycles. The van der Waals surface area contributed by atoms with Crippen molar-refractivity contribution in [2.24, 2.45) is 4.36 Å². The van der Waals surface area contributed by atoms with Crippen LogP contribution in [0.4, 0.5) is 4.79 Å². The number of hydrogen-bond donors (Lipinski definition) is 1. The van der Waals surface area contributed by atoms with Gasteiger partial charge in [-0.2, -0.15) is 12.8 Å². The normalized spacial score (nSPS) is 21.3. The molecule has 1 saturated carbocycles. The third-order valence-corrected chi connectivity index (χ3v) is 6.17. The summed E-state index contributed by atoms with van der Waals surface area (Å²) in [7, 11) is 0.450. The van der Waals surface area contributed by atoms with E-state index in [9.17, 15) is 18.0 Å². The van der Waals surface area contributed by atoms with E-state index in [0.29, 0.717) is 12.8 Å². The summed E-state index contributed by atoms with van der Waals surface area (Å²) < 4.78 is 34.5. The van der Waals surface area contributed by atoms with Crippen LogP contribution in [0.1, 0.15) is 44.1 Å². The van der Waals surface area contributed by atoms with Gasteiger partial charge in [-0.05, 0) is 38.3 Å². The maximum atomic E-state index is 13.3. The van der Waals surface area contributed by atoms with Crippen molar-refractivity contribution < 1.29 is 22.7 Å². The van der Waals surface area contributed by atoms with Crippen molar-refractivity contribution >= 4 is 33.6 Å². The van der Waals surface area contributed by atoms with Crippen molar-refractivity contribution in [2.75, 3.05) is 20.7 Å². The Morgan fingerprint density at radius 2 is 2.07 bits per heavy atom. The number of nitrogens with zero attached hydrogens (tertiary/aromatic N) is 2. The van der Waals surface area contributed by atoms with Crippen molar-refractivity contribution in [3.8, 4) is 0 Å². The van der Waals surface area contributed by atoms with Crippen LogP contribution in [-0.2, 0) is 20.0 Å². The predicted octanol–water partition coefficient (Wildman–Crippen LogP) is 3.00. The number of nitrogens with one attached hydrogen (secondary N) is 1. The highest BCUT2D eigenvalue weighted by molar-refractivity contribution is 8.11. The standard InChI is InChI=1S/C19H27N3O5S2/c1-4-15(27-3)11-8-12-22(18(24)28-20-2)17(23)19(21-29(25)26)13-16(19)14-9-6-5-7-10-14/h5-7,9-10,15-16,20H,4,8,11-13H2,1-3H3. The van der Waals surface area contributed by atoms with Crippen LogP contribution >= 0.6 is 11.9 Å². The fourth-order valence-corrected chi connectivity index (χ4v) is 4.46. The third-order valence-electron chi connectivity index (χ3n) is 5.09. The lowest BCUT2D eigenvalue weighted by atomic mass is 10.1. The van der Waals surface area contributed by atoms with E-state index >= 15 is 0 Å². The second kappa shape index (κ2) is 10.9. The molecule has 3 atom stereocenters. The SMILES string of the molecule is CCC(CCCN(C(=O)SNC)C(=O)C1(N=S(=O)=O)CC1c1ccccc1)OC. The minimum Gasteiger partial charge on any atom is -0.381 e. The highest BCUT2D eigenvalue weighted by atomic mass is 32.2. The van der Waals surface area contributed by atoms with Crippen molar-refractivity contribution in [1.82, 2.24) is 9.62 Å². The van der Waals surface area contributed by atoms with Crippen LogP contribution in [0.25, 0.3) is 0 Å². The number of methoxy groups -OCH3 is 1. The Balaban J connectivity index is 2.26. The molecule has 2 amide bonds. The van der Waals surface area contributed by atoms with E-state index in [-0.39, 0.29) is 25.0 Å². The fraction of sp³-hybridized carbons (Fsp3) is 0.579. The molecule has 29 heavy (non-hydrogen) atoms. The molecule has 0 aromatic heterocycles. The van der Waals surface area contributed by atoms with E-state index < -0.39 is 27.2 Å². The molecule has 160 valence electrons. The lowest BCUT2D eigenvalue weighted by Crippen LogP contribution is -2.44. The molecule has 2 rings (SSSR count). The second-order valence-electron chi connectivity index (χ2n) is 6.84. The topological polar surface area (TPSA) is 105 Å². The van der Waals surface area contributed by atoms with Crippen molar-refractivity contribution in [3.63, 3.8) is 0 Å². The Bertz CT molecular complexity index is 835. The van der Waals surface area contributed by atoms with Gasteiger partial charge in [0.15, 0.2) is 5.54 Å². The molecule has 10 heteroatoms. The summed E-state index contributed by atoms with van der Waals surface area (Å²) in [6, 6.07) is 9.17. The minimum atomic E-state index is -2.76. The minimum absolute atomic E-state index is 0.0461. The first kappa shape index (κ1) is 23.5. The molecule has 0 spiro atoms. The molecule has 1 aliphatic carbocycles. The van der Waals surface area contributed by atoms with E-state index in [0.717, 1.165) is 28.8 Å². The largest absolute Gasteiger partial charge is 0.381 e. The number of carbonyl (C=O) groups excluding carboxylic acids is 2. The first-order chi connectivity index (χ1) is 13.9. The van der Waals surface area contributed by atoms with Crippen LogP contribution in [0.2, 0.25) is 0 Å². The van der Waals surface area contributed by atoms with E-state index in [1.165, 1.54) is 0 Å². The summed E-state index contributed by atoms with van der Waals surface area (Å²) in [5, 5.41) is -0.479. The van der Waals surface area contributed by atoms with Crippen LogP contribution in [0, 0.1) is 0 Å². The summed E-state index contributed by atoms with van der Waals surface area (Å²) in [5.41, 5.74) is -0.627. The maximum absolute atomic E-state index is 13.3. The molecule has 0 bridgehead atoms. The monoisotopic (exact) mass is 441 g/mol. The molecule has 3 unspecified atom stereocenters. The zero-order valence-corrected chi connectivity index (χ0v) is 18.5. The molecular formula is C19H27N3O5S2. The van der Waals surface area contributed by atoms with Crippen LogP contribution in [0.5, 0.6) is 0 Å². The van der Waals surface area contributed by atoms with Gasteiger partial charge < -0.3 is 4.74 Å². The van der Waals surface area contributed by atoms with Crippen LogP contribution < -0.4 is 4.72 Å². The van der Waals surface area contributed by atoms with E-state index in [1.807, 2.05) is 37.3 Å². The van der Waals surface area contributed by atoms with Crippen molar-refractivity contribution in [3.05, 3.63) is 35.9 Å². The van der Waals surface area contributed by atoms with E-state index in [4.69, 9.17) is 4.74 Å². The molecular weight excluding hydrogens is 414 g/mol.